The Morgan fingerprint density at radius 2 is 1.72 bits per heavy atom. The molecule has 1 aliphatic carbocycles. The van der Waals surface area contributed by atoms with Gasteiger partial charge < -0.3 is 15.5 Å². The maximum Gasteiger partial charge on any atom is 0.253 e. The molecular weight excluding hydrogens is 362 g/mol. The van der Waals surface area contributed by atoms with Gasteiger partial charge in [-0.25, -0.2) is 0 Å². The fraction of sp³-hybridized carbons (Fsp3) is 0.667. The maximum absolute atomic E-state index is 12.9. The summed E-state index contributed by atoms with van der Waals surface area (Å²) in [5.74, 6) is 1.21. The van der Waals surface area contributed by atoms with E-state index in [2.05, 4.69) is 29.4 Å². The number of rotatable bonds is 7. The highest BCUT2D eigenvalue weighted by molar-refractivity contribution is 5.99. The number of para-hydroxylation sites is 1. The van der Waals surface area contributed by atoms with Crippen molar-refractivity contribution in [3.63, 3.8) is 0 Å². The molecule has 1 saturated heterocycles. The SMILES string of the molecule is CC(C)CC(=O)NC1CCN(c2ccccc2C(=O)NCC2CCCCC2)CC1. The van der Waals surface area contributed by atoms with E-state index in [0.717, 1.165) is 43.7 Å². The van der Waals surface area contributed by atoms with Gasteiger partial charge in [0.1, 0.15) is 0 Å². The van der Waals surface area contributed by atoms with Gasteiger partial charge in [-0.1, -0.05) is 45.2 Å². The van der Waals surface area contributed by atoms with Crippen molar-refractivity contribution in [2.45, 2.75) is 71.3 Å². The van der Waals surface area contributed by atoms with E-state index in [1.165, 1.54) is 32.1 Å². The van der Waals surface area contributed by atoms with Crippen LogP contribution in [0.2, 0.25) is 0 Å². The molecule has 1 aromatic rings. The minimum atomic E-state index is 0.0403. The van der Waals surface area contributed by atoms with Crippen LogP contribution in [0.3, 0.4) is 0 Å². The third kappa shape index (κ3) is 6.48. The number of nitrogens with one attached hydrogen (secondary N) is 2. The van der Waals surface area contributed by atoms with E-state index in [0.29, 0.717) is 18.3 Å². The Kier molecular flexibility index (Phi) is 7.96. The van der Waals surface area contributed by atoms with Crippen LogP contribution in [0.15, 0.2) is 24.3 Å². The lowest BCUT2D eigenvalue weighted by molar-refractivity contribution is -0.122. The highest BCUT2D eigenvalue weighted by atomic mass is 16.2. The molecule has 3 rings (SSSR count). The first-order chi connectivity index (χ1) is 14.0. The Hall–Kier alpha value is -2.04. The van der Waals surface area contributed by atoms with Crippen molar-refractivity contribution in [3.8, 4) is 0 Å². The average molecular weight is 400 g/mol. The Morgan fingerprint density at radius 1 is 1.03 bits per heavy atom. The molecule has 0 bridgehead atoms. The fourth-order valence-electron chi connectivity index (χ4n) is 4.59. The Morgan fingerprint density at radius 3 is 2.41 bits per heavy atom. The third-order valence-electron chi connectivity index (χ3n) is 6.22. The molecule has 5 nitrogen and oxygen atoms in total. The minimum absolute atomic E-state index is 0.0403. The van der Waals surface area contributed by atoms with Gasteiger partial charge in [-0.05, 0) is 49.7 Å². The number of piperidine rings is 1. The zero-order valence-corrected chi connectivity index (χ0v) is 18.1. The summed E-state index contributed by atoms with van der Waals surface area (Å²) in [4.78, 5) is 27.2. The lowest BCUT2D eigenvalue weighted by Gasteiger charge is -2.35. The Balaban J connectivity index is 1.53. The van der Waals surface area contributed by atoms with E-state index in [1.807, 2.05) is 24.3 Å². The molecule has 1 heterocycles. The largest absolute Gasteiger partial charge is 0.371 e. The molecule has 29 heavy (non-hydrogen) atoms. The molecule has 0 atom stereocenters. The fourth-order valence-corrected chi connectivity index (χ4v) is 4.59. The van der Waals surface area contributed by atoms with Crippen molar-refractivity contribution < 1.29 is 9.59 Å². The number of amides is 2. The van der Waals surface area contributed by atoms with Crippen molar-refractivity contribution in [1.29, 1.82) is 0 Å². The highest BCUT2D eigenvalue weighted by Gasteiger charge is 2.24. The molecule has 2 fully saturated rings. The number of benzene rings is 1. The lowest BCUT2D eigenvalue weighted by atomic mass is 9.89. The van der Waals surface area contributed by atoms with Gasteiger partial charge in [0.15, 0.2) is 0 Å². The van der Waals surface area contributed by atoms with Crippen LogP contribution in [0, 0.1) is 11.8 Å². The maximum atomic E-state index is 12.9. The summed E-state index contributed by atoms with van der Waals surface area (Å²) < 4.78 is 0. The van der Waals surface area contributed by atoms with E-state index in [9.17, 15) is 9.59 Å². The third-order valence-corrected chi connectivity index (χ3v) is 6.22. The van der Waals surface area contributed by atoms with Crippen LogP contribution in [0.4, 0.5) is 5.69 Å². The van der Waals surface area contributed by atoms with Gasteiger partial charge in [-0.2, -0.15) is 0 Å². The summed E-state index contributed by atoms with van der Waals surface area (Å²) in [6, 6.07) is 8.17. The number of carbonyl (C=O) groups excluding carboxylic acids is 2. The molecule has 1 aromatic carbocycles. The van der Waals surface area contributed by atoms with Gasteiger partial charge in [-0.3, -0.25) is 9.59 Å². The smallest absolute Gasteiger partial charge is 0.253 e. The van der Waals surface area contributed by atoms with Gasteiger partial charge in [0.25, 0.3) is 5.91 Å². The zero-order valence-electron chi connectivity index (χ0n) is 18.1. The second kappa shape index (κ2) is 10.7. The molecule has 1 aliphatic heterocycles. The minimum Gasteiger partial charge on any atom is -0.371 e. The quantitative estimate of drug-likeness (QED) is 0.725. The Bertz CT molecular complexity index is 674. The topological polar surface area (TPSA) is 61.4 Å². The summed E-state index contributed by atoms with van der Waals surface area (Å²) in [6.45, 7) is 6.65. The molecular formula is C24H37N3O2. The van der Waals surface area contributed by atoms with Crippen LogP contribution >= 0.6 is 0 Å². The van der Waals surface area contributed by atoms with Crippen molar-refractivity contribution in [2.75, 3.05) is 24.5 Å². The number of hydrogen-bond donors (Lipinski definition) is 2. The number of nitrogens with zero attached hydrogens (tertiary/aromatic N) is 1. The molecule has 0 aromatic heterocycles. The van der Waals surface area contributed by atoms with Crippen LogP contribution < -0.4 is 15.5 Å². The molecule has 2 aliphatic rings. The van der Waals surface area contributed by atoms with E-state index in [1.54, 1.807) is 0 Å². The van der Waals surface area contributed by atoms with Crippen LogP contribution in [0.25, 0.3) is 0 Å². The molecule has 160 valence electrons. The monoisotopic (exact) mass is 399 g/mol. The van der Waals surface area contributed by atoms with Gasteiger partial charge in [0, 0.05) is 37.8 Å². The molecule has 5 heteroatoms. The predicted octanol–water partition coefficient (Wildman–Crippen LogP) is 4.13. The summed E-state index contributed by atoms with van der Waals surface area (Å²) in [5, 5.41) is 6.35. The predicted molar refractivity (Wildman–Crippen MR) is 118 cm³/mol. The first kappa shape index (κ1) is 21.7. The molecule has 1 saturated carbocycles. The van der Waals surface area contributed by atoms with Crippen molar-refractivity contribution >= 4 is 17.5 Å². The van der Waals surface area contributed by atoms with Gasteiger partial charge >= 0.3 is 0 Å². The van der Waals surface area contributed by atoms with Crippen LogP contribution in [0.1, 0.15) is 75.6 Å². The van der Waals surface area contributed by atoms with Crippen LogP contribution in [-0.4, -0.2) is 37.5 Å². The number of carbonyl (C=O) groups is 2. The lowest BCUT2D eigenvalue weighted by Crippen LogP contribution is -2.45. The van der Waals surface area contributed by atoms with E-state index in [4.69, 9.17) is 0 Å². The summed E-state index contributed by atoms with van der Waals surface area (Å²) >= 11 is 0. The van der Waals surface area contributed by atoms with Crippen LogP contribution in [-0.2, 0) is 4.79 Å². The van der Waals surface area contributed by atoms with E-state index < -0.39 is 0 Å². The van der Waals surface area contributed by atoms with Gasteiger partial charge in [-0.15, -0.1) is 0 Å². The van der Waals surface area contributed by atoms with Crippen molar-refractivity contribution in [3.05, 3.63) is 29.8 Å². The summed E-state index contributed by atoms with van der Waals surface area (Å²) in [7, 11) is 0. The Labute approximate surface area is 175 Å². The van der Waals surface area contributed by atoms with E-state index >= 15 is 0 Å². The average Bonchev–Trinajstić information content (AvgIpc) is 2.73. The number of anilines is 1. The van der Waals surface area contributed by atoms with Gasteiger partial charge in [0.2, 0.25) is 5.91 Å². The zero-order chi connectivity index (χ0) is 20.6. The second-order valence-corrected chi connectivity index (χ2v) is 9.16. The molecule has 2 N–H and O–H groups in total. The number of hydrogen-bond acceptors (Lipinski definition) is 3. The molecule has 0 radical (unpaired) electrons. The molecule has 2 amide bonds. The van der Waals surface area contributed by atoms with Crippen molar-refractivity contribution in [1.82, 2.24) is 10.6 Å². The molecule has 0 unspecified atom stereocenters. The summed E-state index contributed by atoms with van der Waals surface area (Å²) in [5.41, 5.74) is 1.78. The first-order valence-electron chi connectivity index (χ1n) is 11.4. The molecule has 0 spiro atoms. The first-order valence-corrected chi connectivity index (χ1v) is 11.4. The van der Waals surface area contributed by atoms with Crippen LogP contribution in [0.5, 0.6) is 0 Å². The van der Waals surface area contributed by atoms with E-state index in [-0.39, 0.29) is 17.9 Å². The van der Waals surface area contributed by atoms with Crippen molar-refractivity contribution in [2.24, 2.45) is 11.8 Å². The highest BCUT2D eigenvalue weighted by Crippen LogP contribution is 2.26. The second-order valence-electron chi connectivity index (χ2n) is 9.16. The standard InChI is InChI=1S/C24H37N3O2/c1-18(2)16-23(28)26-20-12-14-27(15-13-20)22-11-7-6-10-21(22)24(29)25-17-19-8-4-3-5-9-19/h6-7,10-11,18-20H,3-5,8-9,12-17H2,1-2H3,(H,25,29)(H,26,28). The normalized spacial score (nSPS) is 18.7. The summed E-state index contributed by atoms with van der Waals surface area (Å²) in [6.07, 6.45) is 8.81. The van der Waals surface area contributed by atoms with Gasteiger partial charge in [0.05, 0.1) is 5.56 Å².